The fraction of sp³-hybridized carbons (Fsp3) is 0.955. The maximum absolute atomic E-state index is 12.7. The van der Waals surface area contributed by atoms with Crippen molar-refractivity contribution >= 4 is 28.3 Å². The number of aliphatic hydroxyl groups is 1. The van der Waals surface area contributed by atoms with Crippen molar-refractivity contribution < 1.29 is 50.5 Å². The van der Waals surface area contributed by atoms with Crippen LogP contribution >= 0.6 is 0 Å². The van der Waals surface area contributed by atoms with Crippen LogP contribution in [0.2, 0.25) is 0 Å². The first-order valence-corrected chi connectivity index (χ1v) is 35.3. The van der Waals surface area contributed by atoms with E-state index in [0.29, 0.717) is 78.4 Å². The third-order valence-corrected chi connectivity index (χ3v) is 16.3. The minimum atomic E-state index is -3.66. The van der Waals surface area contributed by atoms with Crippen LogP contribution in [0, 0.1) is 0 Å². The summed E-state index contributed by atoms with van der Waals surface area (Å²) < 4.78 is 44.5. The topological polar surface area (TPSA) is 158 Å². The van der Waals surface area contributed by atoms with Gasteiger partial charge in [0.15, 0.2) is 0 Å². The van der Waals surface area contributed by atoms with Gasteiger partial charge < -0.3 is 19.3 Å². The van der Waals surface area contributed by atoms with Crippen molar-refractivity contribution in [3.63, 3.8) is 0 Å². The molecule has 0 saturated carbocycles. The van der Waals surface area contributed by atoms with Crippen molar-refractivity contribution in [2.24, 2.45) is 0 Å². The molecule has 0 fully saturated rings. The Hall–Kier alpha value is -1.84. The molecule has 0 aromatic rings. The van der Waals surface area contributed by atoms with Gasteiger partial charge in [0.1, 0.15) is 19.8 Å². The minimum Gasteiger partial charge on any atom is -0.464 e. The Balaban J connectivity index is 0. The molecule has 0 aliphatic carbocycles. The van der Waals surface area contributed by atoms with E-state index < -0.39 is 10.4 Å². The number of carbonyl (C=O) groups excluding carboxylic acids is 3. The number of esters is 3. The molecule has 478 valence electrons. The summed E-state index contributed by atoms with van der Waals surface area (Å²) in [7, 11) is -1.60. The second-order valence-electron chi connectivity index (χ2n) is 22.9. The number of unbranched alkanes of at least 4 members (excludes halogenated alkanes) is 42. The molecule has 0 aliphatic rings. The van der Waals surface area contributed by atoms with Crippen LogP contribution < -0.4 is 0 Å². The first-order valence-electron chi connectivity index (χ1n) is 34.0. The van der Waals surface area contributed by atoms with E-state index in [9.17, 15) is 27.9 Å². The molecule has 0 saturated heterocycles. The summed E-state index contributed by atoms with van der Waals surface area (Å²) in [6, 6.07) is 0. The Bertz CT molecular complexity index is 1330. The Morgan fingerprint density at radius 1 is 0.300 bits per heavy atom. The molecule has 0 unspecified atom stereocenters. The highest BCUT2D eigenvalue weighted by Crippen LogP contribution is 2.17. The van der Waals surface area contributed by atoms with E-state index in [2.05, 4.69) is 38.9 Å². The van der Waals surface area contributed by atoms with Gasteiger partial charge in [0.05, 0.1) is 20.8 Å². The highest BCUT2D eigenvalue weighted by molar-refractivity contribution is 7.81. The molecule has 0 aromatic heterocycles. The first kappa shape index (κ1) is 80.2. The van der Waals surface area contributed by atoms with Crippen molar-refractivity contribution in [3.8, 4) is 0 Å². The molecule has 80 heavy (non-hydrogen) atoms. The standard InChI is InChI=1S/C64H126N2O7.C2H6O4S/c1-4-7-10-13-16-19-22-25-28-31-34-37-40-43-46-49-62(68)71-59-55-65(54-58-67)52-53-66(56-60-72-63(69)50-47-44-41-38-35-32-29-26-23-20-17-14-11-8-5-2)57-61-73-64(70)51-48-45-42-39-36-33-30-27-24-21-18-15-12-9-6-3;1-5-7(3,4)6-2/h67H,4-61H2,1-3H3;1-2H3. The highest BCUT2D eigenvalue weighted by atomic mass is 32.3. The largest absolute Gasteiger partial charge is 0.464 e. The lowest BCUT2D eigenvalue weighted by Gasteiger charge is -2.27. The molecular formula is C66H132N2O11S. The van der Waals surface area contributed by atoms with Crippen LogP contribution in [0.25, 0.3) is 0 Å². The zero-order valence-corrected chi connectivity index (χ0v) is 54.2. The monoisotopic (exact) mass is 1160 g/mol. The van der Waals surface area contributed by atoms with E-state index in [4.69, 9.17) is 14.2 Å². The number of nitrogens with zero attached hydrogens (tertiary/aromatic N) is 2. The number of hydrogen-bond donors (Lipinski definition) is 1. The van der Waals surface area contributed by atoms with Crippen molar-refractivity contribution in [3.05, 3.63) is 0 Å². The lowest BCUT2D eigenvalue weighted by atomic mass is 10.0. The minimum absolute atomic E-state index is 0.0148. The first-order chi connectivity index (χ1) is 39.1. The summed E-state index contributed by atoms with van der Waals surface area (Å²) in [5.74, 6) is -0.423. The number of rotatable bonds is 64. The van der Waals surface area contributed by atoms with Crippen LogP contribution in [0.4, 0.5) is 0 Å². The predicted octanol–water partition coefficient (Wildman–Crippen LogP) is 17.5. The van der Waals surface area contributed by atoms with Gasteiger partial charge in [-0.1, -0.05) is 290 Å². The van der Waals surface area contributed by atoms with E-state index in [1.807, 2.05) is 0 Å². The quantitative estimate of drug-likeness (QED) is 0.0349. The van der Waals surface area contributed by atoms with Crippen LogP contribution in [-0.2, 0) is 47.4 Å². The Kier molecular flexibility index (Phi) is 66.5. The second kappa shape index (κ2) is 66.3. The summed E-state index contributed by atoms with van der Waals surface area (Å²) in [5.41, 5.74) is 0. The zero-order valence-electron chi connectivity index (χ0n) is 53.3. The fourth-order valence-electron chi connectivity index (χ4n) is 10.2. The molecule has 0 atom stereocenters. The average Bonchev–Trinajstić information content (AvgIpc) is 3.45. The van der Waals surface area contributed by atoms with Crippen LogP contribution in [0.3, 0.4) is 0 Å². The number of ether oxygens (including phenoxy) is 3. The number of aliphatic hydroxyl groups excluding tert-OH is 1. The van der Waals surface area contributed by atoms with Gasteiger partial charge >= 0.3 is 28.3 Å². The summed E-state index contributed by atoms with van der Waals surface area (Å²) in [6.45, 7) is 11.1. The third-order valence-electron chi connectivity index (χ3n) is 15.5. The van der Waals surface area contributed by atoms with E-state index in [1.54, 1.807) is 0 Å². The average molecular weight is 1160 g/mol. The second-order valence-corrected chi connectivity index (χ2v) is 24.4. The highest BCUT2D eigenvalue weighted by Gasteiger charge is 2.14. The molecule has 14 heteroatoms. The van der Waals surface area contributed by atoms with Gasteiger partial charge in [0.25, 0.3) is 0 Å². The van der Waals surface area contributed by atoms with Crippen molar-refractivity contribution in [2.45, 2.75) is 329 Å². The predicted molar refractivity (Wildman–Crippen MR) is 334 cm³/mol. The maximum Gasteiger partial charge on any atom is 0.399 e. The van der Waals surface area contributed by atoms with E-state index in [1.165, 1.54) is 250 Å². The molecule has 0 amide bonds. The molecule has 0 rings (SSSR count). The molecule has 0 heterocycles. The van der Waals surface area contributed by atoms with Crippen LogP contribution in [0.15, 0.2) is 0 Å². The molecule has 0 bridgehead atoms. The summed E-state index contributed by atoms with van der Waals surface area (Å²) in [6.07, 6.45) is 59.7. The molecule has 0 radical (unpaired) electrons. The number of carbonyl (C=O) groups is 3. The maximum atomic E-state index is 12.7. The molecule has 0 aromatic carbocycles. The summed E-state index contributed by atoms with van der Waals surface area (Å²) in [4.78, 5) is 42.2. The van der Waals surface area contributed by atoms with Crippen LogP contribution in [-0.4, -0.2) is 121 Å². The lowest BCUT2D eigenvalue weighted by molar-refractivity contribution is -0.146. The molecule has 13 nitrogen and oxygen atoms in total. The van der Waals surface area contributed by atoms with Gasteiger partial charge in [-0.2, -0.15) is 8.42 Å². The Labute approximate surface area is 495 Å². The Morgan fingerprint density at radius 3 is 0.662 bits per heavy atom. The van der Waals surface area contributed by atoms with Gasteiger partial charge in [-0.05, 0) is 19.3 Å². The molecule has 1 N–H and O–H groups in total. The summed E-state index contributed by atoms with van der Waals surface area (Å²) >= 11 is 0. The van der Waals surface area contributed by atoms with Crippen LogP contribution in [0.5, 0.6) is 0 Å². The van der Waals surface area contributed by atoms with Crippen molar-refractivity contribution in [1.82, 2.24) is 9.80 Å². The third kappa shape index (κ3) is 65.3. The zero-order chi connectivity index (χ0) is 58.9. The van der Waals surface area contributed by atoms with E-state index >= 15 is 0 Å². The normalized spacial score (nSPS) is 11.6. The smallest absolute Gasteiger partial charge is 0.399 e. The SMILES string of the molecule is CCCCCCCCCCCCCCCCCC(=O)OCCN(CCO)CCN(CCOC(=O)CCCCCCCCCCCCCCCCC)CCOC(=O)CCCCCCCCCCCCCCCCC.COS(=O)(=O)OC. The van der Waals surface area contributed by atoms with Gasteiger partial charge in [-0.25, -0.2) is 0 Å². The van der Waals surface area contributed by atoms with Gasteiger partial charge in [-0.15, -0.1) is 0 Å². The summed E-state index contributed by atoms with van der Waals surface area (Å²) in [5, 5.41) is 9.85. The van der Waals surface area contributed by atoms with Crippen molar-refractivity contribution in [1.29, 1.82) is 0 Å². The van der Waals surface area contributed by atoms with E-state index in [-0.39, 0.29) is 24.5 Å². The van der Waals surface area contributed by atoms with Gasteiger partial charge in [0.2, 0.25) is 0 Å². The van der Waals surface area contributed by atoms with Gasteiger partial charge in [0, 0.05) is 58.5 Å². The molecule has 0 spiro atoms. The van der Waals surface area contributed by atoms with E-state index in [0.717, 1.165) is 52.7 Å². The fourth-order valence-corrected chi connectivity index (χ4v) is 10.3. The molecular weight excluding hydrogens is 1030 g/mol. The van der Waals surface area contributed by atoms with Crippen LogP contribution in [0.1, 0.15) is 329 Å². The lowest BCUT2D eigenvalue weighted by Crippen LogP contribution is -2.41. The van der Waals surface area contributed by atoms with Gasteiger partial charge in [-0.3, -0.25) is 32.5 Å². The number of hydrogen-bond acceptors (Lipinski definition) is 13. The van der Waals surface area contributed by atoms with Crippen molar-refractivity contribution in [2.75, 3.05) is 79.9 Å². The Morgan fingerprint density at radius 2 is 0.487 bits per heavy atom. The molecule has 0 aliphatic heterocycles.